The number of hydrogen-bond acceptors (Lipinski definition) is 7. The molecule has 0 aliphatic heterocycles. The minimum atomic E-state index is -0.530. The number of methoxy groups -OCH3 is 1. The lowest BCUT2D eigenvalue weighted by molar-refractivity contribution is -0.140. The standard InChI is InChI=1S/C14H18ClN5O3S2/c1-8(23-3)12(21)20(2)7-11-17-14(25-19-11)18-13(22)16-6-9-4-5-10(15)24-9/h4-5,8H,6-7H2,1-3H3,(H2,16,17,18,19,22). The van der Waals surface area contributed by atoms with Crippen molar-refractivity contribution >= 4 is 51.5 Å². The molecule has 0 aromatic carbocycles. The van der Waals surface area contributed by atoms with Gasteiger partial charge in [0.1, 0.15) is 6.10 Å². The average molecular weight is 404 g/mol. The maximum Gasteiger partial charge on any atom is 0.321 e. The molecule has 2 rings (SSSR count). The van der Waals surface area contributed by atoms with E-state index in [1.54, 1.807) is 20.0 Å². The van der Waals surface area contributed by atoms with E-state index in [1.165, 1.54) is 23.3 Å². The lowest BCUT2D eigenvalue weighted by Crippen LogP contribution is -2.35. The van der Waals surface area contributed by atoms with Crippen LogP contribution in [-0.4, -0.2) is 46.5 Å². The van der Waals surface area contributed by atoms with Gasteiger partial charge in [0.25, 0.3) is 5.91 Å². The van der Waals surface area contributed by atoms with Crippen LogP contribution in [0.5, 0.6) is 0 Å². The van der Waals surface area contributed by atoms with E-state index in [9.17, 15) is 9.59 Å². The van der Waals surface area contributed by atoms with Gasteiger partial charge in [-0.15, -0.1) is 11.3 Å². The first kappa shape index (κ1) is 19.6. The smallest absolute Gasteiger partial charge is 0.321 e. The first-order valence-electron chi connectivity index (χ1n) is 7.28. The van der Waals surface area contributed by atoms with Gasteiger partial charge in [-0.1, -0.05) is 11.6 Å². The predicted molar refractivity (Wildman–Crippen MR) is 98.0 cm³/mol. The maximum atomic E-state index is 11.9. The van der Waals surface area contributed by atoms with E-state index in [2.05, 4.69) is 20.0 Å². The summed E-state index contributed by atoms with van der Waals surface area (Å²) in [5.41, 5.74) is 0. The van der Waals surface area contributed by atoms with Crippen molar-refractivity contribution in [2.24, 2.45) is 0 Å². The Kier molecular flexibility index (Phi) is 7.12. The molecule has 0 aliphatic rings. The van der Waals surface area contributed by atoms with E-state index >= 15 is 0 Å². The summed E-state index contributed by atoms with van der Waals surface area (Å²) >= 11 is 8.29. The molecule has 0 fully saturated rings. The Morgan fingerprint density at radius 2 is 2.20 bits per heavy atom. The molecule has 1 atom stereocenters. The molecule has 1 unspecified atom stereocenters. The summed E-state index contributed by atoms with van der Waals surface area (Å²) in [6.07, 6.45) is -0.530. The van der Waals surface area contributed by atoms with E-state index in [0.29, 0.717) is 21.8 Å². The molecule has 2 aromatic heterocycles. The van der Waals surface area contributed by atoms with Crippen LogP contribution >= 0.6 is 34.5 Å². The Morgan fingerprint density at radius 3 is 2.84 bits per heavy atom. The van der Waals surface area contributed by atoms with Crippen LogP contribution in [0.3, 0.4) is 0 Å². The SMILES string of the molecule is COC(C)C(=O)N(C)Cc1nsc(NC(=O)NCc2ccc(Cl)s2)n1. The molecular formula is C14H18ClN5O3S2. The summed E-state index contributed by atoms with van der Waals surface area (Å²) < 4.78 is 9.80. The summed E-state index contributed by atoms with van der Waals surface area (Å²) in [5, 5.41) is 5.68. The van der Waals surface area contributed by atoms with Crippen molar-refractivity contribution in [2.75, 3.05) is 19.5 Å². The molecule has 2 heterocycles. The fraction of sp³-hybridized carbons (Fsp3) is 0.429. The number of anilines is 1. The van der Waals surface area contributed by atoms with Crippen LogP contribution in [0, 0.1) is 0 Å². The number of ether oxygens (including phenoxy) is 1. The van der Waals surface area contributed by atoms with Gasteiger partial charge in [0, 0.05) is 30.6 Å². The van der Waals surface area contributed by atoms with Gasteiger partial charge in [-0.3, -0.25) is 10.1 Å². The molecule has 136 valence electrons. The Bertz CT molecular complexity index is 736. The highest BCUT2D eigenvalue weighted by atomic mass is 35.5. The number of rotatable bonds is 7. The molecule has 11 heteroatoms. The van der Waals surface area contributed by atoms with Gasteiger partial charge in [-0.25, -0.2) is 9.78 Å². The molecule has 2 aromatic rings. The van der Waals surface area contributed by atoms with Gasteiger partial charge in [-0.2, -0.15) is 4.37 Å². The number of aromatic nitrogens is 2. The van der Waals surface area contributed by atoms with Crippen LogP contribution in [0.15, 0.2) is 12.1 Å². The van der Waals surface area contributed by atoms with Gasteiger partial charge in [0.15, 0.2) is 5.82 Å². The first-order chi connectivity index (χ1) is 11.9. The van der Waals surface area contributed by atoms with Gasteiger partial charge >= 0.3 is 6.03 Å². The van der Waals surface area contributed by atoms with E-state index in [0.717, 1.165) is 16.4 Å². The third-order valence-corrected chi connectivity index (χ3v) is 5.10. The molecule has 8 nitrogen and oxygen atoms in total. The molecule has 2 N–H and O–H groups in total. The van der Waals surface area contributed by atoms with E-state index in [4.69, 9.17) is 16.3 Å². The van der Waals surface area contributed by atoms with Crippen molar-refractivity contribution in [3.63, 3.8) is 0 Å². The van der Waals surface area contributed by atoms with Crippen molar-refractivity contribution in [2.45, 2.75) is 26.1 Å². The molecule has 0 saturated carbocycles. The van der Waals surface area contributed by atoms with Crippen LogP contribution < -0.4 is 10.6 Å². The zero-order valence-electron chi connectivity index (χ0n) is 13.9. The number of likely N-dealkylation sites (N-methyl/N-ethyl adjacent to an activating group) is 1. The largest absolute Gasteiger partial charge is 0.372 e. The normalized spacial score (nSPS) is 11.8. The van der Waals surface area contributed by atoms with Crippen LogP contribution in [-0.2, 0) is 22.6 Å². The number of hydrogen-bond donors (Lipinski definition) is 2. The van der Waals surface area contributed by atoms with Gasteiger partial charge in [-0.05, 0) is 19.1 Å². The second-order valence-corrected chi connectivity index (χ2v) is 7.65. The van der Waals surface area contributed by atoms with Gasteiger partial charge < -0.3 is 15.0 Å². The highest BCUT2D eigenvalue weighted by Crippen LogP contribution is 2.21. The number of nitrogens with zero attached hydrogens (tertiary/aromatic N) is 3. The number of thiophene rings is 1. The predicted octanol–water partition coefficient (Wildman–Crippen LogP) is 2.57. The first-order valence-corrected chi connectivity index (χ1v) is 9.25. The summed E-state index contributed by atoms with van der Waals surface area (Å²) in [5.74, 6) is 0.281. The van der Waals surface area contributed by atoms with E-state index < -0.39 is 6.10 Å². The van der Waals surface area contributed by atoms with Gasteiger partial charge in [0.2, 0.25) is 5.13 Å². The number of carbonyl (C=O) groups excluding carboxylic acids is 2. The Morgan fingerprint density at radius 1 is 1.44 bits per heavy atom. The Labute approximate surface area is 158 Å². The number of carbonyl (C=O) groups is 2. The maximum absolute atomic E-state index is 11.9. The molecule has 0 spiro atoms. The molecule has 0 saturated heterocycles. The Hall–Kier alpha value is -1.75. The van der Waals surface area contributed by atoms with Crippen LogP contribution in [0.2, 0.25) is 4.34 Å². The molecule has 0 bridgehead atoms. The molecule has 25 heavy (non-hydrogen) atoms. The third kappa shape index (κ3) is 5.92. The number of urea groups is 1. The minimum Gasteiger partial charge on any atom is -0.372 e. The molecule has 0 radical (unpaired) electrons. The number of amides is 3. The van der Waals surface area contributed by atoms with Crippen LogP contribution in [0.1, 0.15) is 17.6 Å². The van der Waals surface area contributed by atoms with Crippen LogP contribution in [0.4, 0.5) is 9.93 Å². The van der Waals surface area contributed by atoms with Gasteiger partial charge in [0.05, 0.1) is 17.4 Å². The number of nitrogens with one attached hydrogen (secondary N) is 2. The summed E-state index contributed by atoms with van der Waals surface area (Å²) in [4.78, 5) is 30.4. The minimum absolute atomic E-state index is 0.167. The van der Waals surface area contributed by atoms with Crippen molar-refractivity contribution in [3.8, 4) is 0 Å². The quantitative estimate of drug-likeness (QED) is 0.740. The Balaban J connectivity index is 1.82. The second-order valence-electron chi connectivity index (χ2n) is 5.10. The number of halogens is 1. The molecule has 3 amide bonds. The highest BCUT2D eigenvalue weighted by Gasteiger charge is 2.18. The summed E-state index contributed by atoms with van der Waals surface area (Å²) in [6, 6.07) is 3.24. The zero-order valence-corrected chi connectivity index (χ0v) is 16.3. The lowest BCUT2D eigenvalue weighted by atomic mass is 10.3. The van der Waals surface area contributed by atoms with E-state index in [-0.39, 0.29) is 18.5 Å². The molecule has 0 aliphatic carbocycles. The summed E-state index contributed by atoms with van der Waals surface area (Å²) in [6.45, 7) is 2.28. The topological polar surface area (TPSA) is 96.5 Å². The second kappa shape index (κ2) is 9.09. The van der Waals surface area contributed by atoms with Crippen molar-refractivity contribution < 1.29 is 14.3 Å². The molecular weight excluding hydrogens is 386 g/mol. The van der Waals surface area contributed by atoms with Crippen LogP contribution in [0.25, 0.3) is 0 Å². The fourth-order valence-corrected chi connectivity index (χ4v) is 3.43. The lowest BCUT2D eigenvalue weighted by Gasteiger charge is -2.18. The van der Waals surface area contributed by atoms with Crippen molar-refractivity contribution in [1.29, 1.82) is 0 Å². The monoisotopic (exact) mass is 403 g/mol. The van der Waals surface area contributed by atoms with Crippen molar-refractivity contribution in [1.82, 2.24) is 19.6 Å². The highest BCUT2D eigenvalue weighted by molar-refractivity contribution is 7.16. The third-order valence-electron chi connectivity index (χ3n) is 3.20. The average Bonchev–Trinajstić information content (AvgIpc) is 3.20. The van der Waals surface area contributed by atoms with E-state index in [1.807, 2.05) is 6.07 Å². The zero-order chi connectivity index (χ0) is 18.4. The van der Waals surface area contributed by atoms with Crippen molar-refractivity contribution in [3.05, 3.63) is 27.2 Å². The fourth-order valence-electron chi connectivity index (χ4n) is 1.83. The summed E-state index contributed by atoms with van der Waals surface area (Å²) in [7, 11) is 3.12.